The second-order valence-corrected chi connectivity index (χ2v) is 5.86. The third-order valence-corrected chi connectivity index (χ3v) is 2.65. The lowest BCUT2D eigenvalue weighted by atomic mass is 9.95. The highest BCUT2D eigenvalue weighted by Gasteiger charge is 2.23. The summed E-state index contributed by atoms with van der Waals surface area (Å²) in [5.41, 5.74) is 0. The molecule has 0 fully saturated rings. The number of quaternary nitrogens is 1. The molecule has 0 aliphatic carbocycles. The van der Waals surface area contributed by atoms with Gasteiger partial charge in [0.05, 0.1) is 34.1 Å². The maximum absolute atomic E-state index is 11.7. The van der Waals surface area contributed by atoms with Crippen molar-refractivity contribution in [3.05, 3.63) is 0 Å². The molecule has 0 aliphatic heterocycles. The Balaban J connectivity index is 0. The Bertz CT molecular complexity index is 271. The van der Waals surface area contributed by atoms with Gasteiger partial charge < -0.3 is 14.7 Å². The van der Waals surface area contributed by atoms with E-state index >= 15 is 0 Å². The lowest BCUT2D eigenvalue weighted by molar-refractivity contribution is -0.873. The average Bonchev–Trinajstić information content (AvgIpc) is 2.13. The fourth-order valence-corrected chi connectivity index (χ4v) is 2.08. The molecule has 0 saturated carbocycles. The van der Waals surface area contributed by atoms with Crippen LogP contribution in [0, 0.1) is 5.92 Å². The Morgan fingerprint density at radius 2 is 1.68 bits per heavy atom. The van der Waals surface area contributed by atoms with Gasteiger partial charge in [0.15, 0.2) is 0 Å². The molecule has 0 rings (SSSR count). The van der Waals surface area contributed by atoms with Crippen molar-refractivity contribution in [3.8, 4) is 0 Å². The van der Waals surface area contributed by atoms with Crippen molar-refractivity contribution in [2.24, 2.45) is 5.92 Å². The normalized spacial score (nSPS) is 12.6. The molecule has 0 amide bonds. The fourth-order valence-electron chi connectivity index (χ4n) is 2.08. The van der Waals surface area contributed by atoms with Crippen molar-refractivity contribution >= 4 is 11.8 Å². The number of hydrogen-bond acceptors (Lipinski definition) is 3. The SMILES string of the molecule is C.C[N+](C)(C)CC(CC(=O)O)CC(=O)CCCCO. The Morgan fingerprint density at radius 3 is 2.11 bits per heavy atom. The second-order valence-electron chi connectivity index (χ2n) is 5.86. The van der Waals surface area contributed by atoms with Gasteiger partial charge in [-0.05, 0) is 12.8 Å². The van der Waals surface area contributed by atoms with Crippen LogP contribution in [0.3, 0.4) is 0 Å². The predicted octanol–water partition coefficient (Wildman–Crippen LogP) is 1.54. The zero-order chi connectivity index (χ0) is 14.2. The van der Waals surface area contributed by atoms with Gasteiger partial charge in [-0.15, -0.1) is 0 Å². The van der Waals surface area contributed by atoms with E-state index in [9.17, 15) is 9.59 Å². The molecule has 0 saturated heterocycles. The van der Waals surface area contributed by atoms with Gasteiger partial charge in [0.25, 0.3) is 0 Å². The molecule has 0 bridgehead atoms. The number of carboxylic acids is 1. The second kappa shape index (κ2) is 9.92. The van der Waals surface area contributed by atoms with Crippen LogP contribution >= 0.6 is 0 Å². The van der Waals surface area contributed by atoms with Gasteiger partial charge in [-0.3, -0.25) is 9.59 Å². The van der Waals surface area contributed by atoms with Gasteiger partial charge in [0.1, 0.15) is 5.78 Å². The average molecular weight is 276 g/mol. The first-order valence-electron chi connectivity index (χ1n) is 6.39. The molecule has 0 aromatic heterocycles. The molecule has 0 aromatic rings. The Morgan fingerprint density at radius 1 is 1.11 bits per heavy atom. The van der Waals surface area contributed by atoms with Crippen molar-refractivity contribution in [2.75, 3.05) is 34.3 Å². The van der Waals surface area contributed by atoms with Crippen LogP contribution in [0.1, 0.15) is 39.5 Å². The number of carbonyl (C=O) groups excluding carboxylic acids is 1. The molecule has 5 nitrogen and oxygen atoms in total. The molecule has 5 heteroatoms. The number of rotatable bonds is 10. The Labute approximate surface area is 116 Å². The van der Waals surface area contributed by atoms with Crippen LogP contribution in [-0.2, 0) is 9.59 Å². The fraction of sp³-hybridized carbons (Fsp3) is 0.857. The quantitative estimate of drug-likeness (QED) is 0.469. The standard InChI is InChI=1S/C13H25NO4.CH4/c1-14(2,3)10-11(9-13(17)18)8-12(16)6-4-5-7-15;/h11,15H,4-10H2,1-3H3;1H4/p+1. The van der Waals surface area contributed by atoms with E-state index in [1.807, 2.05) is 21.1 Å². The largest absolute Gasteiger partial charge is 0.481 e. The molecule has 2 N–H and O–H groups in total. The highest BCUT2D eigenvalue weighted by molar-refractivity contribution is 5.79. The van der Waals surface area contributed by atoms with E-state index in [1.165, 1.54) is 0 Å². The number of ketones is 1. The van der Waals surface area contributed by atoms with E-state index in [4.69, 9.17) is 10.2 Å². The van der Waals surface area contributed by atoms with Crippen LogP contribution in [0.25, 0.3) is 0 Å². The van der Waals surface area contributed by atoms with Crippen LogP contribution in [-0.4, -0.2) is 60.7 Å². The van der Waals surface area contributed by atoms with E-state index in [2.05, 4.69) is 0 Å². The molecule has 0 spiro atoms. The number of carboxylic acid groups (broad SMARTS) is 1. The van der Waals surface area contributed by atoms with Crippen LogP contribution < -0.4 is 0 Å². The maximum atomic E-state index is 11.7. The molecular weight excluding hydrogens is 246 g/mol. The summed E-state index contributed by atoms with van der Waals surface area (Å²) in [5.74, 6) is -0.858. The zero-order valence-corrected chi connectivity index (χ0v) is 11.7. The number of aliphatic hydroxyl groups excluding tert-OH is 1. The van der Waals surface area contributed by atoms with Gasteiger partial charge in [-0.2, -0.15) is 0 Å². The van der Waals surface area contributed by atoms with Crippen molar-refractivity contribution in [3.63, 3.8) is 0 Å². The van der Waals surface area contributed by atoms with Crippen molar-refractivity contribution in [2.45, 2.75) is 39.5 Å². The molecule has 0 radical (unpaired) electrons. The minimum atomic E-state index is -0.850. The van der Waals surface area contributed by atoms with Crippen LogP contribution in [0.15, 0.2) is 0 Å². The maximum Gasteiger partial charge on any atom is 0.303 e. The molecule has 0 heterocycles. The van der Waals surface area contributed by atoms with E-state index in [-0.39, 0.29) is 32.2 Å². The number of aliphatic carboxylic acids is 1. The molecule has 0 aliphatic rings. The smallest absolute Gasteiger partial charge is 0.303 e. The van der Waals surface area contributed by atoms with Crippen molar-refractivity contribution in [1.29, 1.82) is 0 Å². The number of nitrogens with zero attached hydrogens (tertiary/aromatic N) is 1. The number of aliphatic hydroxyl groups is 1. The number of carbonyl (C=O) groups is 2. The molecule has 1 unspecified atom stereocenters. The van der Waals surface area contributed by atoms with Gasteiger partial charge in [-0.1, -0.05) is 7.43 Å². The predicted molar refractivity (Wildman–Crippen MR) is 75.9 cm³/mol. The molecule has 19 heavy (non-hydrogen) atoms. The summed E-state index contributed by atoms with van der Waals surface area (Å²) in [5, 5.41) is 17.5. The summed E-state index contributed by atoms with van der Waals surface area (Å²) in [4.78, 5) is 22.5. The van der Waals surface area contributed by atoms with E-state index < -0.39 is 5.97 Å². The summed E-state index contributed by atoms with van der Waals surface area (Å²) in [7, 11) is 5.97. The topological polar surface area (TPSA) is 74.6 Å². The zero-order valence-electron chi connectivity index (χ0n) is 11.7. The molecular formula is C14H30NO4+. The van der Waals surface area contributed by atoms with E-state index in [0.29, 0.717) is 36.7 Å². The summed E-state index contributed by atoms with van der Waals surface area (Å²) in [6.07, 6.45) is 2.12. The minimum absolute atomic E-state index is 0. The minimum Gasteiger partial charge on any atom is -0.481 e. The van der Waals surface area contributed by atoms with Crippen LogP contribution in [0.4, 0.5) is 0 Å². The third-order valence-electron chi connectivity index (χ3n) is 2.65. The molecule has 114 valence electrons. The number of Topliss-reactive ketones (excluding diaryl/α,β-unsaturated/α-hetero) is 1. The summed E-state index contributed by atoms with van der Waals surface area (Å²) in [6, 6.07) is 0. The summed E-state index contributed by atoms with van der Waals surface area (Å²) in [6.45, 7) is 0.781. The van der Waals surface area contributed by atoms with Crippen LogP contribution in [0.2, 0.25) is 0 Å². The first-order valence-corrected chi connectivity index (χ1v) is 6.39. The van der Waals surface area contributed by atoms with E-state index in [1.54, 1.807) is 0 Å². The van der Waals surface area contributed by atoms with Crippen molar-refractivity contribution < 1.29 is 24.3 Å². The van der Waals surface area contributed by atoms with Gasteiger partial charge in [-0.25, -0.2) is 0 Å². The Hall–Kier alpha value is -0.940. The first kappa shape index (κ1) is 20.4. The highest BCUT2D eigenvalue weighted by Crippen LogP contribution is 2.15. The van der Waals surface area contributed by atoms with Gasteiger partial charge in [0.2, 0.25) is 0 Å². The van der Waals surface area contributed by atoms with Crippen molar-refractivity contribution in [1.82, 2.24) is 0 Å². The summed E-state index contributed by atoms with van der Waals surface area (Å²) >= 11 is 0. The third kappa shape index (κ3) is 13.3. The van der Waals surface area contributed by atoms with Gasteiger partial charge in [0, 0.05) is 25.4 Å². The number of hydrogen-bond donors (Lipinski definition) is 2. The molecule has 0 aromatic carbocycles. The van der Waals surface area contributed by atoms with Crippen LogP contribution in [0.5, 0.6) is 0 Å². The summed E-state index contributed by atoms with van der Waals surface area (Å²) < 4.78 is 0.655. The molecule has 1 atom stereocenters. The lowest BCUT2D eigenvalue weighted by Crippen LogP contribution is -2.40. The van der Waals surface area contributed by atoms with Gasteiger partial charge >= 0.3 is 5.97 Å². The highest BCUT2D eigenvalue weighted by atomic mass is 16.4. The monoisotopic (exact) mass is 276 g/mol. The van der Waals surface area contributed by atoms with E-state index in [0.717, 1.165) is 0 Å². The number of unbranched alkanes of at least 4 members (excludes halogenated alkanes) is 1. The first-order chi connectivity index (χ1) is 8.24. The Kier molecular flexibility index (Phi) is 10.6. The lowest BCUT2D eigenvalue weighted by Gasteiger charge is -2.28.